The molecule has 0 aliphatic carbocycles. The van der Waals surface area contributed by atoms with E-state index in [-0.39, 0.29) is 18.6 Å². The summed E-state index contributed by atoms with van der Waals surface area (Å²) in [4.78, 5) is 26.0. The number of aromatic nitrogens is 3. The second kappa shape index (κ2) is 5.56. The third-order valence-electron chi connectivity index (χ3n) is 2.81. The van der Waals surface area contributed by atoms with E-state index in [0.717, 1.165) is 22.6 Å². The van der Waals surface area contributed by atoms with Crippen LogP contribution < -0.4 is 0 Å². The lowest BCUT2D eigenvalue weighted by Gasteiger charge is -2.09. The van der Waals surface area contributed by atoms with Crippen molar-refractivity contribution in [1.29, 1.82) is 0 Å². The maximum absolute atomic E-state index is 11.6. The fourth-order valence-corrected chi connectivity index (χ4v) is 2.01. The highest BCUT2D eigenvalue weighted by atomic mass is 16.1. The van der Waals surface area contributed by atoms with Crippen molar-refractivity contribution in [1.82, 2.24) is 14.8 Å². The number of aldehydes is 1. The summed E-state index contributed by atoms with van der Waals surface area (Å²) < 4.78 is 1.79. The van der Waals surface area contributed by atoms with Crippen molar-refractivity contribution in [3.05, 3.63) is 41.5 Å². The molecule has 5 heteroatoms. The molecule has 0 unspecified atom stereocenters. The third-order valence-corrected chi connectivity index (χ3v) is 2.81. The predicted molar refractivity (Wildman–Crippen MR) is 70.2 cm³/mol. The molecule has 0 aromatic carbocycles. The van der Waals surface area contributed by atoms with E-state index >= 15 is 0 Å². The van der Waals surface area contributed by atoms with Gasteiger partial charge in [-0.15, -0.1) is 0 Å². The van der Waals surface area contributed by atoms with Crippen molar-refractivity contribution >= 4 is 12.1 Å². The number of Topliss-reactive ketones (excluding diaryl/α,β-unsaturated/α-hetero) is 1. The zero-order chi connectivity index (χ0) is 13.8. The van der Waals surface area contributed by atoms with Crippen molar-refractivity contribution < 1.29 is 9.59 Å². The smallest absolute Gasteiger partial charge is 0.144 e. The van der Waals surface area contributed by atoms with Gasteiger partial charge in [-0.25, -0.2) is 4.68 Å². The first-order valence-electron chi connectivity index (χ1n) is 6.03. The molecule has 0 fully saturated rings. The predicted octanol–water partition coefficient (Wildman–Crippen LogP) is 1.58. The summed E-state index contributed by atoms with van der Waals surface area (Å²) in [5.74, 6) is -0.120. The van der Waals surface area contributed by atoms with Crippen molar-refractivity contribution in [2.75, 3.05) is 0 Å². The molecule has 2 rings (SSSR count). The van der Waals surface area contributed by atoms with Gasteiger partial charge >= 0.3 is 0 Å². The molecule has 0 aliphatic rings. The van der Waals surface area contributed by atoms with Gasteiger partial charge in [0.25, 0.3) is 0 Å². The molecule has 2 heterocycles. The second-order valence-electron chi connectivity index (χ2n) is 4.43. The molecule has 0 atom stereocenters. The maximum Gasteiger partial charge on any atom is 0.144 e. The van der Waals surface area contributed by atoms with Gasteiger partial charge in [-0.05, 0) is 26.0 Å². The van der Waals surface area contributed by atoms with Crippen LogP contribution in [0, 0.1) is 13.8 Å². The SMILES string of the molecule is Cc1cc(C)n(-c2ccncc2CC(=O)CC=O)n1. The zero-order valence-electron chi connectivity index (χ0n) is 11.0. The van der Waals surface area contributed by atoms with Gasteiger partial charge in [0.15, 0.2) is 0 Å². The summed E-state index contributed by atoms with van der Waals surface area (Å²) in [7, 11) is 0. The first-order chi connectivity index (χ1) is 9.11. The van der Waals surface area contributed by atoms with Gasteiger partial charge in [0.1, 0.15) is 12.1 Å². The van der Waals surface area contributed by atoms with E-state index in [2.05, 4.69) is 10.1 Å². The van der Waals surface area contributed by atoms with Gasteiger partial charge < -0.3 is 4.79 Å². The molecule has 0 spiro atoms. The summed E-state index contributed by atoms with van der Waals surface area (Å²) in [5, 5.41) is 4.40. The molecule has 0 N–H and O–H groups in total. The number of aryl methyl sites for hydroxylation is 2. The highest BCUT2D eigenvalue weighted by molar-refractivity contribution is 5.91. The van der Waals surface area contributed by atoms with Gasteiger partial charge in [0.05, 0.1) is 17.8 Å². The van der Waals surface area contributed by atoms with Crippen LogP contribution in [0.25, 0.3) is 5.69 Å². The molecular formula is C14H15N3O2. The van der Waals surface area contributed by atoms with E-state index in [9.17, 15) is 9.59 Å². The van der Waals surface area contributed by atoms with Gasteiger partial charge in [-0.1, -0.05) is 0 Å². The van der Waals surface area contributed by atoms with Gasteiger partial charge in [-0.2, -0.15) is 5.10 Å². The van der Waals surface area contributed by atoms with E-state index in [1.54, 1.807) is 17.1 Å². The van der Waals surface area contributed by atoms with E-state index in [0.29, 0.717) is 6.29 Å². The largest absolute Gasteiger partial charge is 0.303 e. The number of carbonyl (C=O) groups is 2. The third kappa shape index (κ3) is 2.93. The number of carbonyl (C=O) groups excluding carboxylic acids is 2. The fourth-order valence-electron chi connectivity index (χ4n) is 2.01. The van der Waals surface area contributed by atoms with Crippen LogP contribution in [-0.2, 0) is 16.0 Å². The van der Waals surface area contributed by atoms with Crippen LogP contribution in [0.2, 0.25) is 0 Å². The van der Waals surface area contributed by atoms with Crippen LogP contribution in [0.4, 0.5) is 0 Å². The Morgan fingerprint density at radius 3 is 2.84 bits per heavy atom. The monoisotopic (exact) mass is 257 g/mol. The standard InChI is InChI=1S/C14H15N3O2/c1-10-7-11(2)17(16-10)14-3-5-15-9-12(14)8-13(19)4-6-18/h3,5-7,9H,4,8H2,1-2H3. The van der Waals surface area contributed by atoms with E-state index in [1.807, 2.05) is 26.0 Å². The molecule has 0 radical (unpaired) electrons. The molecule has 19 heavy (non-hydrogen) atoms. The Bertz CT molecular complexity index is 617. The molecule has 98 valence electrons. The fraction of sp³-hybridized carbons (Fsp3) is 0.286. The Labute approximate surface area is 111 Å². The molecule has 0 aliphatic heterocycles. The minimum Gasteiger partial charge on any atom is -0.303 e. The van der Waals surface area contributed by atoms with Crippen LogP contribution >= 0.6 is 0 Å². The van der Waals surface area contributed by atoms with Crippen LogP contribution in [0.15, 0.2) is 24.5 Å². The second-order valence-corrected chi connectivity index (χ2v) is 4.43. The lowest BCUT2D eigenvalue weighted by Crippen LogP contribution is -2.09. The molecule has 0 amide bonds. The van der Waals surface area contributed by atoms with Gasteiger partial charge in [0.2, 0.25) is 0 Å². The Balaban J connectivity index is 2.38. The summed E-state index contributed by atoms with van der Waals surface area (Å²) in [5.41, 5.74) is 3.52. The topological polar surface area (TPSA) is 64.8 Å². The Morgan fingerprint density at radius 1 is 1.42 bits per heavy atom. The number of nitrogens with zero attached hydrogens (tertiary/aromatic N) is 3. The summed E-state index contributed by atoms with van der Waals surface area (Å²) in [6.45, 7) is 3.87. The van der Waals surface area contributed by atoms with Crippen LogP contribution in [0.5, 0.6) is 0 Å². The molecule has 0 saturated heterocycles. The van der Waals surface area contributed by atoms with E-state index < -0.39 is 0 Å². The quantitative estimate of drug-likeness (QED) is 0.602. The van der Waals surface area contributed by atoms with Crippen molar-refractivity contribution in [3.63, 3.8) is 0 Å². The van der Waals surface area contributed by atoms with Crippen LogP contribution in [0.3, 0.4) is 0 Å². The Hall–Kier alpha value is -2.30. The summed E-state index contributed by atoms with van der Waals surface area (Å²) in [6, 6.07) is 3.79. The highest BCUT2D eigenvalue weighted by Gasteiger charge is 2.12. The summed E-state index contributed by atoms with van der Waals surface area (Å²) in [6.07, 6.45) is 4.07. The zero-order valence-corrected chi connectivity index (χ0v) is 11.0. The minimum absolute atomic E-state index is 0.0640. The van der Waals surface area contributed by atoms with E-state index in [4.69, 9.17) is 0 Å². The average Bonchev–Trinajstić information content (AvgIpc) is 2.69. The van der Waals surface area contributed by atoms with Crippen molar-refractivity contribution in [2.24, 2.45) is 0 Å². The van der Waals surface area contributed by atoms with Gasteiger partial charge in [0, 0.05) is 30.1 Å². The Kier molecular flexibility index (Phi) is 3.85. The normalized spacial score (nSPS) is 10.4. The lowest BCUT2D eigenvalue weighted by molar-refractivity contribution is -0.121. The number of hydrogen-bond donors (Lipinski definition) is 0. The molecule has 0 saturated carbocycles. The van der Waals surface area contributed by atoms with Gasteiger partial charge in [-0.3, -0.25) is 9.78 Å². The summed E-state index contributed by atoms with van der Waals surface area (Å²) >= 11 is 0. The van der Waals surface area contributed by atoms with Crippen LogP contribution in [0.1, 0.15) is 23.4 Å². The minimum atomic E-state index is -0.120. The highest BCUT2D eigenvalue weighted by Crippen LogP contribution is 2.16. The average molecular weight is 257 g/mol. The number of rotatable bonds is 5. The van der Waals surface area contributed by atoms with E-state index in [1.165, 1.54) is 0 Å². The molecular weight excluding hydrogens is 242 g/mol. The molecule has 0 bridgehead atoms. The maximum atomic E-state index is 11.6. The Morgan fingerprint density at radius 2 is 2.21 bits per heavy atom. The van der Waals surface area contributed by atoms with Crippen molar-refractivity contribution in [3.8, 4) is 5.69 Å². The molecule has 5 nitrogen and oxygen atoms in total. The lowest BCUT2D eigenvalue weighted by atomic mass is 10.1. The molecule has 2 aromatic rings. The first kappa shape index (κ1) is 13.1. The number of pyridine rings is 1. The number of hydrogen-bond acceptors (Lipinski definition) is 4. The first-order valence-corrected chi connectivity index (χ1v) is 6.03. The van der Waals surface area contributed by atoms with Crippen LogP contribution in [-0.4, -0.2) is 26.8 Å². The molecule has 2 aromatic heterocycles. The number of ketones is 1. The van der Waals surface area contributed by atoms with Crippen molar-refractivity contribution in [2.45, 2.75) is 26.7 Å².